The number of nitrogens with one attached hydrogen (secondary N) is 1. The summed E-state index contributed by atoms with van der Waals surface area (Å²) in [4.78, 5) is 24.5. The monoisotopic (exact) mass is 450 g/mol. The third kappa shape index (κ3) is 5.19. The van der Waals surface area contributed by atoms with Crippen LogP contribution in [0.4, 0.5) is 5.69 Å². The van der Waals surface area contributed by atoms with Gasteiger partial charge < -0.3 is 10.1 Å². The van der Waals surface area contributed by atoms with Crippen molar-refractivity contribution >= 4 is 39.2 Å². The molecule has 1 saturated heterocycles. The molecule has 0 unspecified atom stereocenters. The van der Waals surface area contributed by atoms with Gasteiger partial charge in [-0.05, 0) is 49.6 Å². The number of ether oxygens (including phenoxy) is 1. The zero-order valence-electron chi connectivity index (χ0n) is 16.6. The average molecular weight is 451 g/mol. The molecule has 0 spiro atoms. The Kier molecular flexibility index (Phi) is 7.12. The topological polar surface area (TPSA) is 92.8 Å². The lowest BCUT2D eigenvalue weighted by Crippen LogP contribution is -2.35. The van der Waals surface area contributed by atoms with Crippen molar-refractivity contribution in [2.24, 2.45) is 0 Å². The number of halogens is 1. The number of benzene rings is 2. The molecule has 1 aliphatic rings. The van der Waals surface area contributed by atoms with Crippen molar-refractivity contribution < 1.29 is 22.7 Å². The lowest BCUT2D eigenvalue weighted by Gasteiger charge is -2.26. The Morgan fingerprint density at radius 2 is 1.80 bits per heavy atom. The first kappa shape index (κ1) is 22.3. The van der Waals surface area contributed by atoms with Crippen LogP contribution in [0.25, 0.3) is 0 Å². The highest BCUT2D eigenvalue weighted by Crippen LogP contribution is 2.25. The number of aryl methyl sites for hydroxylation is 1. The van der Waals surface area contributed by atoms with Crippen molar-refractivity contribution in [1.82, 2.24) is 4.31 Å². The second-order valence-electron chi connectivity index (χ2n) is 7.05. The summed E-state index contributed by atoms with van der Waals surface area (Å²) in [7, 11) is -3.62. The van der Waals surface area contributed by atoms with E-state index in [0.29, 0.717) is 24.3 Å². The Bertz CT molecular complexity index is 1050. The molecular weight excluding hydrogens is 428 g/mol. The summed E-state index contributed by atoms with van der Waals surface area (Å²) in [6.45, 7) is 2.22. The molecule has 0 radical (unpaired) electrons. The molecule has 1 amide bonds. The fraction of sp³-hybridized carbons (Fsp3) is 0.333. The van der Waals surface area contributed by atoms with Crippen LogP contribution in [0.15, 0.2) is 47.4 Å². The van der Waals surface area contributed by atoms with Crippen LogP contribution in [-0.4, -0.2) is 44.3 Å². The van der Waals surface area contributed by atoms with E-state index in [0.717, 1.165) is 19.3 Å². The Morgan fingerprint density at radius 3 is 2.50 bits per heavy atom. The second-order valence-corrected chi connectivity index (χ2v) is 9.39. The number of carbonyl (C=O) groups is 2. The molecule has 160 valence electrons. The molecule has 0 atom stereocenters. The Balaban J connectivity index is 1.67. The van der Waals surface area contributed by atoms with E-state index in [1.165, 1.54) is 22.5 Å². The van der Waals surface area contributed by atoms with E-state index < -0.39 is 28.5 Å². The van der Waals surface area contributed by atoms with Crippen molar-refractivity contribution in [1.29, 1.82) is 0 Å². The summed E-state index contributed by atoms with van der Waals surface area (Å²) in [5.74, 6) is -1.29. The Labute approximate surface area is 181 Å². The molecule has 30 heavy (non-hydrogen) atoms. The van der Waals surface area contributed by atoms with Gasteiger partial charge in [-0.15, -0.1) is 0 Å². The standard InChI is InChI=1S/C21H23ClN2O5S/c1-15-9-10-16(30(27,28)24-11-5-2-6-12-24)13-19(15)23-20(25)14-29-21(26)17-7-3-4-8-18(17)22/h3-4,7-10,13H,2,5-6,11-12,14H2,1H3,(H,23,25). The Morgan fingerprint density at radius 1 is 1.10 bits per heavy atom. The second kappa shape index (κ2) is 9.59. The summed E-state index contributed by atoms with van der Waals surface area (Å²) < 4.78 is 32.2. The van der Waals surface area contributed by atoms with E-state index in [1.54, 1.807) is 31.2 Å². The van der Waals surface area contributed by atoms with Crippen LogP contribution in [0, 0.1) is 6.92 Å². The van der Waals surface area contributed by atoms with E-state index in [-0.39, 0.29) is 15.5 Å². The number of nitrogens with zero attached hydrogens (tertiary/aromatic N) is 1. The van der Waals surface area contributed by atoms with Gasteiger partial charge in [-0.3, -0.25) is 4.79 Å². The number of hydrogen-bond acceptors (Lipinski definition) is 5. The fourth-order valence-corrected chi connectivity index (χ4v) is 4.93. The van der Waals surface area contributed by atoms with E-state index in [9.17, 15) is 18.0 Å². The van der Waals surface area contributed by atoms with Crippen LogP contribution in [0.1, 0.15) is 35.2 Å². The molecule has 0 aromatic heterocycles. The molecule has 0 aliphatic carbocycles. The predicted octanol–water partition coefficient (Wildman–Crippen LogP) is 3.62. The number of anilines is 1. The van der Waals surface area contributed by atoms with E-state index in [2.05, 4.69) is 5.32 Å². The largest absolute Gasteiger partial charge is 0.452 e. The van der Waals surface area contributed by atoms with Gasteiger partial charge in [-0.25, -0.2) is 13.2 Å². The molecule has 7 nitrogen and oxygen atoms in total. The minimum absolute atomic E-state index is 0.123. The van der Waals surface area contributed by atoms with Gasteiger partial charge in [0.1, 0.15) is 0 Å². The van der Waals surface area contributed by atoms with Crippen LogP contribution in [0.3, 0.4) is 0 Å². The molecule has 1 N–H and O–H groups in total. The van der Waals surface area contributed by atoms with Crippen LogP contribution >= 0.6 is 11.6 Å². The molecule has 3 rings (SSSR count). The first-order valence-electron chi connectivity index (χ1n) is 9.61. The maximum absolute atomic E-state index is 12.9. The van der Waals surface area contributed by atoms with Gasteiger partial charge in [-0.1, -0.05) is 36.2 Å². The molecule has 9 heteroatoms. The van der Waals surface area contributed by atoms with Gasteiger partial charge in [0, 0.05) is 18.8 Å². The number of piperidine rings is 1. The van der Waals surface area contributed by atoms with Crippen molar-refractivity contribution in [2.45, 2.75) is 31.1 Å². The summed E-state index contributed by atoms with van der Waals surface area (Å²) in [6.07, 6.45) is 2.70. The summed E-state index contributed by atoms with van der Waals surface area (Å²) in [5, 5.41) is 2.85. The van der Waals surface area contributed by atoms with Crippen molar-refractivity contribution in [3.8, 4) is 0 Å². The minimum Gasteiger partial charge on any atom is -0.452 e. The van der Waals surface area contributed by atoms with E-state index in [1.807, 2.05) is 0 Å². The molecule has 2 aromatic carbocycles. The molecule has 1 heterocycles. The highest BCUT2D eigenvalue weighted by Gasteiger charge is 2.26. The van der Waals surface area contributed by atoms with Gasteiger partial charge in [0.05, 0.1) is 15.5 Å². The highest BCUT2D eigenvalue weighted by atomic mass is 35.5. The van der Waals surface area contributed by atoms with Crippen LogP contribution in [0.2, 0.25) is 5.02 Å². The zero-order valence-corrected chi connectivity index (χ0v) is 18.1. The number of rotatable bonds is 6. The SMILES string of the molecule is Cc1ccc(S(=O)(=O)N2CCCCC2)cc1NC(=O)COC(=O)c1ccccc1Cl. The fourth-order valence-electron chi connectivity index (χ4n) is 3.17. The zero-order chi connectivity index (χ0) is 21.7. The number of esters is 1. The average Bonchev–Trinajstić information content (AvgIpc) is 2.74. The van der Waals surface area contributed by atoms with Crippen molar-refractivity contribution in [3.63, 3.8) is 0 Å². The van der Waals surface area contributed by atoms with Gasteiger partial charge in [0.15, 0.2) is 6.61 Å². The lowest BCUT2D eigenvalue weighted by molar-refractivity contribution is -0.119. The molecule has 1 aliphatic heterocycles. The number of carbonyl (C=O) groups excluding carboxylic acids is 2. The molecule has 0 saturated carbocycles. The van der Waals surface area contributed by atoms with Crippen molar-refractivity contribution in [2.75, 3.05) is 25.0 Å². The van der Waals surface area contributed by atoms with E-state index >= 15 is 0 Å². The maximum Gasteiger partial charge on any atom is 0.340 e. The number of amides is 1. The summed E-state index contributed by atoms with van der Waals surface area (Å²) in [5.41, 5.74) is 1.21. The van der Waals surface area contributed by atoms with Crippen LogP contribution < -0.4 is 5.32 Å². The summed E-state index contributed by atoms with van der Waals surface area (Å²) >= 11 is 5.95. The Hall–Kier alpha value is -2.42. The first-order chi connectivity index (χ1) is 14.3. The predicted molar refractivity (Wildman–Crippen MR) is 114 cm³/mol. The number of hydrogen-bond donors (Lipinski definition) is 1. The van der Waals surface area contributed by atoms with E-state index in [4.69, 9.17) is 16.3 Å². The maximum atomic E-state index is 12.9. The molecule has 2 aromatic rings. The molecular formula is C21H23ClN2O5S. The van der Waals surface area contributed by atoms with Gasteiger partial charge in [0.25, 0.3) is 5.91 Å². The smallest absolute Gasteiger partial charge is 0.340 e. The third-order valence-corrected chi connectivity index (χ3v) is 7.09. The number of sulfonamides is 1. The highest BCUT2D eigenvalue weighted by molar-refractivity contribution is 7.89. The third-order valence-electron chi connectivity index (χ3n) is 4.86. The lowest BCUT2D eigenvalue weighted by atomic mass is 10.2. The quantitative estimate of drug-likeness (QED) is 0.678. The van der Waals surface area contributed by atoms with Crippen LogP contribution in [-0.2, 0) is 19.6 Å². The van der Waals surface area contributed by atoms with Crippen molar-refractivity contribution in [3.05, 3.63) is 58.6 Å². The van der Waals surface area contributed by atoms with Gasteiger partial charge in [0.2, 0.25) is 10.0 Å². The minimum atomic E-state index is -3.62. The summed E-state index contributed by atoms with van der Waals surface area (Å²) in [6, 6.07) is 11.0. The molecule has 0 bridgehead atoms. The molecule has 1 fully saturated rings. The first-order valence-corrected chi connectivity index (χ1v) is 11.4. The van der Waals surface area contributed by atoms with Gasteiger partial charge in [-0.2, -0.15) is 4.31 Å². The normalized spacial score (nSPS) is 14.9. The van der Waals surface area contributed by atoms with Crippen LogP contribution in [0.5, 0.6) is 0 Å². The van der Waals surface area contributed by atoms with Gasteiger partial charge >= 0.3 is 5.97 Å².